The second-order valence-corrected chi connectivity index (χ2v) is 3.46. The first kappa shape index (κ1) is 7.83. The molecule has 1 aliphatic carbocycles. The highest BCUT2D eigenvalue weighted by Crippen LogP contribution is 2.47. The molecule has 2 rings (SSSR count). The number of hydroxylamine groups is 1. The fourth-order valence-electron chi connectivity index (χ4n) is 1.49. The van der Waals surface area contributed by atoms with Gasteiger partial charge in [-0.1, -0.05) is 6.92 Å². The first-order chi connectivity index (χ1) is 5.81. The van der Waals surface area contributed by atoms with Crippen LogP contribution in [0.3, 0.4) is 0 Å². The summed E-state index contributed by atoms with van der Waals surface area (Å²) in [6.07, 6.45) is 1.24. The van der Waals surface area contributed by atoms with Crippen molar-refractivity contribution >= 4 is 0 Å². The van der Waals surface area contributed by atoms with Gasteiger partial charge in [0, 0.05) is 5.92 Å². The number of rotatable bonds is 3. The summed E-state index contributed by atoms with van der Waals surface area (Å²) in [6.45, 7) is 2.61. The van der Waals surface area contributed by atoms with Crippen LogP contribution in [0, 0.1) is 5.92 Å². The van der Waals surface area contributed by atoms with E-state index in [0.29, 0.717) is 12.5 Å². The topological polar surface area (TPSA) is 45.4 Å². The van der Waals surface area contributed by atoms with Gasteiger partial charge < -0.3 is 9.62 Å². The zero-order chi connectivity index (χ0) is 8.55. The van der Waals surface area contributed by atoms with E-state index in [-0.39, 0.29) is 0 Å². The molecule has 0 spiro atoms. The van der Waals surface area contributed by atoms with E-state index < -0.39 is 0 Å². The summed E-state index contributed by atoms with van der Waals surface area (Å²) in [7, 11) is 0. The van der Waals surface area contributed by atoms with E-state index in [2.05, 4.69) is 12.4 Å². The van der Waals surface area contributed by atoms with Crippen molar-refractivity contribution in [1.29, 1.82) is 0 Å². The van der Waals surface area contributed by atoms with Crippen molar-refractivity contribution in [1.82, 2.24) is 5.48 Å². The lowest BCUT2D eigenvalue weighted by atomic mass is 10.3. The van der Waals surface area contributed by atoms with E-state index in [0.717, 1.165) is 17.4 Å². The monoisotopic (exact) mass is 167 g/mol. The van der Waals surface area contributed by atoms with Crippen LogP contribution in [-0.4, -0.2) is 5.21 Å². The van der Waals surface area contributed by atoms with Crippen molar-refractivity contribution in [3.05, 3.63) is 23.7 Å². The van der Waals surface area contributed by atoms with Crippen molar-refractivity contribution in [2.45, 2.75) is 25.8 Å². The summed E-state index contributed by atoms with van der Waals surface area (Å²) in [5.41, 5.74) is 2.07. The van der Waals surface area contributed by atoms with Gasteiger partial charge in [-0.3, -0.25) is 0 Å². The second kappa shape index (κ2) is 2.92. The molecule has 3 heteroatoms. The SMILES string of the molecule is CC1CC1c1ccc(CNO)o1. The van der Waals surface area contributed by atoms with Gasteiger partial charge in [-0.05, 0) is 24.5 Å². The zero-order valence-corrected chi connectivity index (χ0v) is 7.08. The minimum absolute atomic E-state index is 0.390. The summed E-state index contributed by atoms with van der Waals surface area (Å²) in [5.74, 6) is 3.25. The summed E-state index contributed by atoms with van der Waals surface area (Å²) >= 11 is 0. The summed E-state index contributed by atoms with van der Waals surface area (Å²) in [5, 5.41) is 8.43. The Balaban J connectivity index is 2.04. The van der Waals surface area contributed by atoms with Crippen LogP contribution >= 0.6 is 0 Å². The Morgan fingerprint density at radius 3 is 3.00 bits per heavy atom. The predicted molar refractivity (Wildman–Crippen MR) is 43.9 cm³/mol. The Bertz CT molecular complexity index is 269. The van der Waals surface area contributed by atoms with Crippen molar-refractivity contribution < 1.29 is 9.62 Å². The van der Waals surface area contributed by atoms with Crippen LogP contribution in [0.25, 0.3) is 0 Å². The maximum atomic E-state index is 8.43. The molecule has 0 radical (unpaired) electrons. The number of furan rings is 1. The Labute approximate surface area is 71.3 Å². The lowest BCUT2D eigenvalue weighted by Crippen LogP contribution is -2.04. The first-order valence-corrected chi connectivity index (χ1v) is 4.27. The molecule has 1 heterocycles. The van der Waals surface area contributed by atoms with Gasteiger partial charge in [-0.2, -0.15) is 5.48 Å². The molecule has 1 aliphatic rings. The molecule has 12 heavy (non-hydrogen) atoms. The van der Waals surface area contributed by atoms with Crippen molar-refractivity contribution in [2.75, 3.05) is 0 Å². The highest BCUT2D eigenvalue weighted by molar-refractivity contribution is 5.17. The van der Waals surface area contributed by atoms with Crippen LogP contribution < -0.4 is 5.48 Å². The lowest BCUT2D eigenvalue weighted by molar-refractivity contribution is 0.152. The Hall–Kier alpha value is -0.800. The van der Waals surface area contributed by atoms with Gasteiger partial charge in [0.25, 0.3) is 0 Å². The van der Waals surface area contributed by atoms with E-state index in [4.69, 9.17) is 9.62 Å². The maximum Gasteiger partial charge on any atom is 0.120 e. The molecule has 1 saturated carbocycles. The van der Waals surface area contributed by atoms with E-state index in [1.54, 1.807) is 0 Å². The largest absolute Gasteiger partial charge is 0.464 e. The summed E-state index contributed by atoms with van der Waals surface area (Å²) < 4.78 is 5.50. The molecule has 1 fully saturated rings. The van der Waals surface area contributed by atoms with Gasteiger partial charge in [0.05, 0.1) is 6.54 Å². The van der Waals surface area contributed by atoms with E-state index in [9.17, 15) is 0 Å². The quantitative estimate of drug-likeness (QED) is 0.675. The average Bonchev–Trinajstić information content (AvgIpc) is 2.62. The normalized spacial score (nSPS) is 27.5. The minimum Gasteiger partial charge on any atom is -0.464 e. The number of hydrogen-bond acceptors (Lipinski definition) is 3. The van der Waals surface area contributed by atoms with Gasteiger partial charge in [0.2, 0.25) is 0 Å². The van der Waals surface area contributed by atoms with Crippen LogP contribution in [0.15, 0.2) is 16.5 Å². The molecule has 66 valence electrons. The standard InChI is InChI=1S/C9H13NO2/c1-6-4-8(6)9-3-2-7(12-9)5-10-11/h2-3,6,8,10-11H,4-5H2,1H3. The predicted octanol–water partition coefficient (Wildman–Crippen LogP) is 1.88. The second-order valence-electron chi connectivity index (χ2n) is 3.46. The third-order valence-electron chi connectivity index (χ3n) is 2.41. The smallest absolute Gasteiger partial charge is 0.120 e. The van der Waals surface area contributed by atoms with E-state index in [1.807, 2.05) is 12.1 Å². The van der Waals surface area contributed by atoms with Gasteiger partial charge >= 0.3 is 0 Å². The molecule has 0 bridgehead atoms. The Morgan fingerprint density at radius 1 is 1.67 bits per heavy atom. The highest BCUT2D eigenvalue weighted by atomic mass is 16.5. The maximum absolute atomic E-state index is 8.43. The summed E-state index contributed by atoms with van der Waals surface area (Å²) in [4.78, 5) is 0. The average molecular weight is 167 g/mol. The molecular weight excluding hydrogens is 154 g/mol. The van der Waals surface area contributed by atoms with E-state index in [1.165, 1.54) is 6.42 Å². The fraction of sp³-hybridized carbons (Fsp3) is 0.556. The van der Waals surface area contributed by atoms with Crippen LogP contribution in [0.2, 0.25) is 0 Å². The van der Waals surface area contributed by atoms with E-state index >= 15 is 0 Å². The molecule has 0 aliphatic heterocycles. The first-order valence-electron chi connectivity index (χ1n) is 4.27. The molecule has 2 unspecified atom stereocenters. The lowest BCUT2D eigenvalue weighted by Gasteiger charge is -1.93. The number of hydrogen-bond donors (Lipinski definition) is 2. The highest BCUT2D eigenvalue weighted by Gasteiger charge is 2.36. The van der Waals surface area contributed by atoms with Crippen LogP contribution in [0.5, 0.6) is 0 Å². The number of nitrogens with one attached hydrogen (secondary N) is 1. The molecule has 1 aromatic rings. The minimum atomic E-state index is 0.390. The van der Waals surface area contributed by atoms with Crippen molar-refractivity contribution in [2.24, 2.45) is 5.92 Å². The van der Waals surface area contributed by atoms with Crippen LogP contribution in [0.4, 0.5) is 0 Å². The fourth-order valence-corrected chi connectivity index (χ4v) is 1.49. The molecule has 2 N–H and O–H groups in total. The van der Waals surface area contributed by atoms with Gasteiger partial charge in [-0.15, -0.1) is 0 Å². The molecular formula is C9H13NO2. The van der Waals surface area contributed by atoms with Crippen molar-refractivity contribution in [3.63, 3.8) is 0 Å². The van der Waals surface area contributed by atoms with Gasteiger partial charge in [0.1, 0.15) is 11.5 Å². The molecule has 1 aromatic heterocycles. The summed E-state index contributed by atoms with van der Waals surface area (Å²) in [6, 6.07) is 3.91. The molecule has 2 atom stereocenters. The van der Waals surface area contributed by atoms with Gasteiger partial charge in [0.15, 0.2) is 0 Å². The molecule has 0 amide bonds. The Morgan fingerprint density at radius 2 is 2.42 bits per heavy atom. The zero-order valence-electron chi connectivity index (χ0n) is 7.08. The van der Waals surface area contributed by atoms with Crippen molar-refractivity contribution in [3.8, 4) is 0 Å². The molecule has 0 aromatic carbocycles. The third kappa shape index (κ3) is 1.38. The molecule has 0 saturated heterocycles. The Kier molecular flexibility index (Phi) is 1.90. The van der Waals surface area contributed by atoms with Gasteiger partial charge in [-0.25, -0.2) is 0 Å². The third-order valence-corrected chi connectivity index (χ3v) is 2.41. The van der Waals surface area contributed by atoms with Crippen LogP contribution in [-0.2, 0) is 6.54 Å². The molecule has 3 nitrogen and oxygen atoms in total. The van der Waals surface area contributed by atoms with Crippen LogP contribution in [0.1, 0.15) is 30.8 Å².